The van der Waals surface area contributed by atoms with Crippen molar-refractivity contribution < 1.29 is 9.47 Å². The molecule has 0 unspecified atom stereocenters. The van der Waals surface area contributed by atoms with E-state index in [4.69, 9.17) is 9.47 Å². The van der Waals surface area contributed by atoms with Gasteiger partial charge in [-0.05, 0) is 41.6 Å². The van der Waals surface area contributed by atoms with Crippen molar-refractivity contribution in [1.82, 2.24) is 19.6 Å². The maximum absolute atomic E-state index is 4.94. The van der Waals surface area contributed by atoms with Gasteiger partial charge >= 0.3 is 0 Å². The highest BCUT2D eigenvalue weighted by Crippen LogP contribution is 2.25. The number of imidazole rings is 1. The van der Waals surface area contributed by atoms with Crippen molar-refractivity contribution in [2.24, 2.45) is 0 Å². The van der Waals surface area contributed by atoms with Gasteiger partial charge in [0.1, 0.15) is 8.71 Å². The van der Waals surface area contributed by atoms with Crippen LogP contribution < -0.4 is 0 Å². The van der Waals surface area contributed by atoms with Crippen molar-refractivity contribution in [3.8, 4) is 10.6 Å². The van der Waals surface area contributed by atoms with E-state index >= 15 is 0 Å². The van der Waals surface area contributed by atoms with E-state index in [0.29, 0.717) is 0 Å². The molecule has 0 amide bonds. The second-order valence-corrected chi connectivity index (χ2v) is 6.66. The Bertz CT molecular complexity index is 725. The molecule has 3 aromatic rings. The normalized spacial score (nSPS) is 14.6. The third-order valence-corrected chi connectivity index (χ3v) is 4.65. The Kier molecular flexibility index (Phi) is 5.34. The second-order valence-electron chi connectivity index (χ2n) is 4.60. The molecule has 1 aliphatic rings. The van der Waals surface area contributed by atoms with Crippen LogP contribution in [0.5, 0.6) is 0 Å². The lowest BCUT2D eigenvalue weighted by molar-refractivity contribution is -0.0334. The Hall–Kier alpha value is -1.10. The Balaban J connectivity index is 0.000000202. The monoisotopic (exact) mass is 430 g/mol. The minimum absolute atomic E-state index is 0.778. The maximum atomic E-state index is 4.94. The number of hydrogen-bond donors (Lipinski definition) is 0. The van der Waals surface area contributed by atoms with Crippen molar-refractivity contribution in [3.05, 3.63) is 33.9 Å². The Morgan fingerprint density at radius 2 is 1.82 bits per heavy atom. The fraction of sp³-hybridized carbons (Fsp3) is 0.357. The largest absolute Gasteiger partial charge is 0.377 e. The molecule has 4 heterocycles. The van der Waals surface area contributed by atoms with Crippen LogP contribution in [0.15, 0.2) is 24.5 Å². The first-order chi connectivity index (χ1) is 10.7. The molecule has 22 heavy (non-hydrogen) atoms. The summed E-state index contributed by atoms with van der Waals surface area (Å²) in [5.74, 6) is 0. The molecule has 1 aliphatic heterocycles. The first kappa shape index (κ1) is 15.8. The minimum atomic E-state index is 0.778. The molecule has 0 saturated carbocycles. The average molecular weight is 430 g/mol. The van der Waals surface area contributed by atoms with Gasteiger partial charge in [0.2, 0.25) is 4.96 Å². The van der Waals surface area contributed by atoms with Crippen LogP contribution in [0.3, 0.4) is 0 Å². The summed E-state index contributed by atoms with van der Waals surface area (Å²) in [4.78, 5) is 9.46. The molecule has 3 aromatic heterocycles. The van der Waals surface area contributed by atoms with Crippen LogP contribution in [-0.4, -0.2) is 46.0 Å². The second kappa shape index (κ2) is 7.44. The highest BCUT2D eigenvalue weighted by Gasteiger charge is 2.09. The number of hydrogen-bond acceptors (Lipinski definition) is 6. The van der Waals surface area contributed by atoms with Crippen molar-refractivity contribution in [2.45, 2.75) is 6.92 Å². The first-order valence-electron chi connectivity index (χ1n) is 6.82. The third-order valence-electron chi connectivity index (χ3n) is 2.95. The Morgan fingerprint density at radius 3 is 2.36 bits per heavy atom. The van der Waals surface area contributed by atoms with Gasteiger partial charge < -0.3 is 9.47 Å². The van der Waals surface area contributed by atoms with Crippen LogP contribution in [0, 0.1) is 10.6 Å². The smallest absolute Gasteiger partial charge is 0.213 e. The Labute approximate surface area is 145 Å². The highest BCUT2D eigenvalue weighted by atomic mass is 127. The number of ether oxygens (including phenoxy) is 2. The van der Waals surface area contributed by atoms with Gasteiger partial charge in [-0.1, -0.05) is 11.3 Å². The Morgan fingerprint density at radius 1 is 1.09 bits per heavy atom. The van der Waals surface area contributed by atoms with Crippen LogP contribution in [0.4, 0.5) is 0 Å². The summed E-state index contributed by atoms with van der Waals surface area (Å²) in [6, 6.07) is 4.03. The molecule has 0 aromatic carbocycles. The van der Waals surface area contributed by atoms with Crippen molar-refractivity contribution in [1.29, 1.82) is 0 Å². The average Bonchev–Trinajstić information content (AvgIpc) is 3.13. The molecule has 116 valence electrons. The molecule has 1 fully saturated rings. The molecule has 0 spiro atoms. The fourth-order valence-corrected chi connectivity index (χ4v) is 3.32. The molecule has 0 atom stereocenters. The SMILES string of the molecule is C1COCCO1.Cc1ccc(-c2nn3c(I)cnc3s2)cn1. The van der Waals surface area contributed by atoms with Gasteiger partial charge in [-0.3, -0.25) is 4.98 Å². The van der Waals surface area contributed by atoms with Gasteiger partial charge in [0.15, 0.2) is 0 Å². The molecule has 0 bridgehead atoms. The minimum Gasteiger partial charge on any atom is -0.377 e. The fourth-order valence-electron chi connectivity index (χ4n) is 1.82. The third kappa shape index (κ3) is 3.80. The number of rotatable bonds is 1. The molecular weight excluding hydrogens is 415 g/mol. The van der Waals surface area contributed by atoms with E-state index in [2.05, 4.69) is 37.7 Å². The van der Waals surface area contributed by atoms with E-state index in [0.717, 1.165) is 51.4 Å². The van der Waals surface area contributed by atoms with Gasteiger partial charge in [-0.25, -0.2) is 4.98 Å². The molecule has 4 rings (SSSR count). The lowest BCUT2D eigenvalue weighted by Gasteiger charge is -2.09. The van der Waals surface area contributed by atoms with E-state index in [1.54, 1.807) is 11.3 Å². The molecule has 0 radical (unpaired) electrons. The van der Waals surface area contributed by atoms with Crippen molar-refractivity contribution >= 4 is 38.9 Å². The summed E-state index contributed by atoms with van der Waals surface area (Å²) in [6.07, 6.45) is 3.66. The molecule has 1 saturated heterocycles. The van der Waals surface area contributed by atoms with Gasteiger partial charge in [0.25, 0.3) is 0 Å². The van der Waals surface area contributed by atoms with Crippen LogP contribution in [0.25, 0.3) is 15.5 Å². The number of pyridine rings is 1. The molecule has 8 heteroatoms. The van der Waals surface area contributed by atoms with Gasteiger partial charge in [-0.2, -0.15) is 9.61 Å². The van der Waals surface area contributed by atoms with Crippen LogP contribution in [-0.2, 0) is 9.47 Å². The summed E-state index contributed by atoms with van der Waals surface area (Å²) in [5, 5.41) is 5.45. The van der Waals surface area contributed by atoms with Crippen LogP contribution in [0.1, 0.15) is 5.69 Å². The van der Waals surface area contributed by atoms with Gasteiger partial charge in [0.05, 0.1) is 32.6 Å². The van der Waals surface area contributed by atoms with E-state index in [-0.39, 0.29) is 0 Å². The summed E-state index contributed by atoms with van der Waals surface area (Å²) in [5.41, 5.74) is 2.05. The lowest BCUT2D eigenvalue weighted by atomic mass is 10.3. The highest BCUT2D eigenvalue weighted by molar-refractivity contribution is 14.1. The van der Waals surface area contributed by atoms with E-state index in [9.17, 15) is 0 Å². The van der Waals surface area contributed by atoms with Crippen molar-refractivity contribution in [2.75, 3.05) is 26.4 Å². The summed E-state index contributed by atoms with van der Waals surface area (Å²) < 4.78 is 12.8. The predicted molar refractivity (Wildman–Crippen MR) is 93.2 cm³/mol. The number of nitrogens with zero attached hydrogens (tertiary/aromatic N) is 4. The lowest BCUT2D eigenvalue weighted by Crippen LogP contribution is -2.16. The summed E-state index contributed by atoms with van der Waals surface area (Å²) >= 11 is 3.79. The summed E-state index contributed by atoms with van der Waals surface area (Å²) in [7, 11) is 0. The molecule has 0 aliphatic carbocycles. The zero-order valence-corrected chi connectivity index (χ0v) is 15.0. The van der Waals surface area contributed by atoms with Crippen LogP contribution in [0.2, 0.25) is 0 Å². The van der Waals surface area contributed by atoms with Crippen molar-refractivity contribution in [3.63, 3.8) is 0 Å². The van der Waals surface area contributed by atoms with Crippen LogP contribution >= 0.6 is 33.9 Å². The molecule has 6 nitrogen and oxygen atoms in total. The quantitative estimate of drug-likeness (QED) is 0.556. The number of fused-ring (bicyclic) bond motifs is 1. The zero-order valence-electron chi connectivity index (χ0n) is 12.0. The zero-order chi connectivity index (χ0) is 15.4. The van der Waals surface area contributed by atoms with E-state index < -0.39 is 0 Å². The number of aryl methyl sites for hydroxylation is 1. The molecule has 0 N–H and O–H groups in total. The summed E-state index contributed by atoms with van der Waals surface area (Å²) in [6.45, 7) is 5.08. The molecular formula is C14H15IN4O2S. The predicted octanol–water partition coefficient (Wildman–Crippen LogP) is 2.80. The van der Waals surface area contributed by atoms with Gasteiger partial charge in [0, 0.05) is 17.5 Å². The van der Waals surface area contributed by atoms with Gasteiger partial charge in [-0.15, -0.1) is 0 Å². The van der Waals surface area contributed by atoms with E-state index in [1.165, 1.54) is 0 Å². The topological polar surface area (TPSA) is 61.5 Å². The maximum Gasteiger partial charge on any atom is 0.213 e. The standard InChI is InChI=1S/C10H7IN4S.C4H8O2/c1-6-2-3-7(4-12-6)9-14-15-8(11)5-13-10(15)16-9;1-2-6-4-3-5-1/h2-5H,1H3;1-4H2. The van der Waals surface area contributed by atoms with E-state index in [1.807, 2.05) is 36.0 Å². The first-order valence-corrected chi connectivity index (χ1v) is 8.72. The number of halogens is 1. The number of aromatic nitrogens is 4.